The summed E-state index contributed by atoms with van der Waals surface area (Å²) in [5, 5.41) is 11.5. The Morgan fingerprint density at radius 3 is 2.45 bits per heavy atom. The fourth-order valence-corrected chi connectivity index (χ4v) is 7.45. The number of benzene rings is 2. The van der Waals surface area contributed by atoms with Crippen LogP contribution in [0.1, 0.15) is 42.5 Å². The molecule has 2 aromatic carbocycles. The zero-order chi connectivity index (χ0) is 32.5. The molecule has 44 heavy (non-hydrogen) atoms. The molecule has 0 saturated carbocycles. The third kappa shape index (κ3) is 9.55. The van der Waals surface area contributed by atoms with E-state index in [1.165, 1.54) is 10.4 Å². The van der Waals surface area contributed by atoms with Crippen LogP contribution in [0, 0.1) is 13.8 Å². The summed E-state index contributed by atoms with van der Waals surface area (Å²) in [5.74, 6) is -1.74. The van der Waals surface area contributed by atoms with E-state index in [2.05, 4.69) is 15.0 Å². The smallest absolute Gasteiger partial charge is 0.318 e. The number of carboxylic acid groups (broad SMARTS) is 1. The van der Waals surface area contributed by atoms with E-state index < -0.39 is 44.7 Å². The molecule has 1 heterocycles. The number of halogens is 1. The molecule has 0 bridgehead atoms. The monoisotopic (exact) mass is 665 g/mol. The van der Waals surface area contributed by atoms with Gasteiger partial charge in [0.1, 0.15) is 6.54 Å². The number of nitrogens with one attached hydrogen (secondary N) is 3. The van der Waals surface area contributed by atoms with E-state index >= 15 is 0 Å². The number of hydrogen-bond acceptors (Lipinski definition) is 7. The fourth-order valence-electron chi connectivity index (χ4n) is 4.52. The largest absolute Gasteiger partial charge is 0.480 e. The number of amides is 1. The van der Waals surface area contributed by atoms with Crippen molar-refractivity contribution in [3.05, 3.63) is 82.6 Å². The first-order valence-corrected chi connectivity index (χ1v) is 17.0. The lowest BCUT2D eigenvalue weighted by atomic mass is 9.98. The number of pyridine rings is 1. The van der Waals surface area contributed by atoms with Crippen molar-refractivity contribution < 1.29 is 31.5 Å². The van der Waals surface area contributed by atoms with E-state index in [9.17, 15) is 26.4 Å². The maximum Gasteiger partial charge on any atom is 0.318 e. The Labute approximate surface area is 263 Å². The SMILES string of the molecule is Cc1cnccc1-c1cccc(C(C)N(CCCC(=O)NCCNS(=O)(=O)NCC(=O)O)S(=O)(=O)c2cccc(Cl)c2C)c1. The van der Waals surface area contributed by atoms with Crippen molar-refractivity contribution in [1.29, 1.82) is 0 Å². The van der Waals surface area contributed by atoms with Crippen LogP contribution < -0.4 is 14.8 Å². The van der Waals surface area contributed by atoms with E-state index in [0.29, 0.717) is 10.6 Å². The Morgan fingerprint density at radius 2 is 1.75 bits per heavy atom. The summed E-state index contributed by atoms with van der Waals surface area (Å²) in [6, 6.07) is 13.6. The Kier molecular flexibility index (Phi) is 12.4. The van der Waals surface area contributed by atoms with Crippen molar-refractivity contribution in [1.82, 2.24) is 24.1 Å². The molecule has 3 rings (SSSR count). The van der Waals surface area contributed by atoms with E-state index in [1.54, 1.807) is 38.4 Å². The molecule has 0 spiro atoms. The van der Waals surface area contributed by atoms with Crippen molar-refractivity contribution in [3.63, 3.8) is 0 Å². The van der Waals surface area contributed by atoms with Crippen molar-refractivity contribution in [2.75, 3.05) is 26.2 Å². The number of aromatic nitrogens is 1. The van der Waals surface area contributed by atoms with E-state index in [1.807, 2.05) is 42.0 Å². The van der Waals surface area contributed by atoms with Gasteiger partial charge < -0.3 is 10.4 Å². The molecule has 0 saturated heterocycles. The van der Waals surface area contributed by atoms with Crippen LogP contribution in [0.4, 0.5) is 0 Å². The van der Waals surface area contributed by atoms with Crippen molar-refractivity contribution >= 4 is 43.7 Å². The summed E-state index contributed by atoms with van der Waals surface area (Å²) in [6.07, 6.45) is 3.63. The van der Waals surface area contributed by atoms with Gasteiger partial charge in [-0.15, -0.1) is 0 Å². The summed E-state index contributed by atoms with van der Waals surface area (Å²) in [5.41, 5.74) is 4.05. The summed E-state index contributed by atoms with van der Waals surface area (Å²) in [4.78, 5) is 27.2. The van der Waals surface area contributed by atoms with Crippen LogP contribution in [0.25, 0.3) is 11.1 Å². The van der Waals surface area contributed by atoms with Crippen LogP contribution >= 0.6 is 11.6 Å². The third-order valence-electron chi connectivity index (χ3n) is 6.87. The van der Waals surface area contributed by atoms with Crippen LogP contribution in [0.5, 0.6) is 0 Å². The average Bonchev–Trinajstić information content (AvgIpc) is 2.98. The molecule has 1 atom stereocenters. The number of carbonyl (C=O) groups excluding carboxylic acids is 1. The first kappa shape index (κ1) is 35.1. The Hall–Kier alpha value is -3.40. The molecule has 0 aliphatic carbocycles. The number of carbonyl (C=O) groups is 2. The lowest BCUT2D eigenvalue weighted by Crippen LogP contribution is -2.42. The molecular weight excluding hydrogens is 630 g/mol. The molecule has 1 unspecified atom stereocenters. The van der Waals surface area contributed by atoms with E-state index in [4.69, 9.17) is 16.7 Å². The standard InChI is InChI=1S/C29H36ClN5O7S2/c1-20-18-31-13-12-25(20)24-8-4-7-23(17-24)22(3)35(43(39,40)27-10-5-9-26(30)21(27)2)16-6-11-28(36)32-14-15-33-44(41,42)34-19-29(37)38/h4-5,7-10,12-13,17-18,22,33-34H,6,11,14-16,19H2,1-3H3,(H,32,36)(H,37,38). The molecule has 238 valence electrons. The first-order chi connectivity index (χ1) is 20.7. The van der Waals surface area contributed by atoms with Gasteiger partial charge in [0.25, 0.3) is 10.2 Å². The number of aliphatic carboxylic acids is 1. The van der Waals surface area contributed by atoms with Gasteiger partial charge in [-0.2, -0.15) is 17.4 Å². The zero-order valence-electron chi connectivity index (χ0n) is 24.6. The Morgan fingerprint density at radius 1 is 1.02 bits per heavy atom. The quantitative estimate of drug-likeness (QED) is 0.169. The molecular formula is C29H36ClN5O7S2. The highest BCUT2D eigenvalue weighted by Crippen LogP contribution is 2.33. The molecule has 12 nitrogen and oxygen atoms in total. The van der Waals surface area contributed by atoms with Crippen LogP contribution in [0.15, 0.2) is 65.8 Å². The number of sulfonamides is 1. The summed E-state index contributed by atoms with van der Waals surface area (Å²) in [7, 11) is -8.08. The number of aryl methyl sites for hydroxylation is 1. The highest BCUT2D eigenvalue weighted by Gasteiger charge is 2.31. The molecule has 15 heteroatoms. The van der Waals surface area contributed by atoms with Crippen molar-refractivity contribution in [2.45, 2.75) is 44.6 Å². The van der Waals surface area contributed by atoms with Crippen LogP contribution in [0.3, 0.4) is 0 Å². The normalized spacial score (nSPS) is 12.7. The molecule has 0 fully saturated rings. The van der Waals surface area contributed by atoms with Crippen LogP contribution in [0.2, 0.25) is 5.02 Å². The van der Waals surface area contributed by atoms with E-state index in [-0.39, 0.29) is 37.4 Å². The second-order valence-corrected chi connectivity index (χ2v) is 13.9. The lowest BCUT2D eigenvalue weighted by molar-refractivity contribution is -0.135. The summed E-state index contributed by atoms with van der Waals surface area (Å²) in [6.45, 7) is 4.42. The third-order valence-corrected chi connectivity index (χ3v) is 10.5. The average molecular weight is 666 g/mol. The number of rotatable bonds is 16. The Bertz CT molecular complexity index is 1700. The zero-order valence-corrected chi connectivity index (χ0v) is 27.0. The van der Waals surface area contributed by atoms with Gasteiger partial charge in [-0.05, 0) is 79.3 Å². The maximum atomic E-state index is 14.1. The van der Waals surface area contributed by atoms with Gasteiger partial charge in [-0.25, -0.2) is 13.1 Å². The molecule has 3 aromatic rings. The van der Waals surface area contributed by atoms with Crippen molar-refractivity contribution in [3.8, 4) is 11.1 Å². The predicted octanol–water partition coefficient (Wildman–Crippen LogP) is 3.18. The molecule has 1 aromatic heterocycles. The number of carboxylic acids is 1. The van der Waals surface area contributed by atoms with Gasteiger partial charge in [0.2, 0.25) is 15.9 Å². The Balaban J connectivity index is 1.75. The lowest BCUT2D eigenvalue weighted by Gasteiger charge is -2.30. The van der Waals surface area contributed by atoms with Gasteiger partial charge in [-0.1, -0.05) is 35.9 Å². The van der Waals surface area contributed by atoms with Gasteiger partial charge in [0.05, 0.1) is 4.90 Å². The molecule has 1 amide bonds. The van der Waals surface area contributed by atoms with Crippen LogP contribution in [-0.2, 0) is 29.8 Å². The number of hydrogen-bond donors (Lipinski definition) is 4. The van der Waals surface area contributed by atoms with Gasteiger partial charge in [0.15, 0.2) is 0 Å². The number of nitrogens with zero attached hydrogens (tertiary/aromatic N) is 2. The van der Waals surface area contributed by atoms with Gasteiger partial charge in [-0.3, -0.25) is 14.6 Å². The highest BCUT2D eigenvalue weighted by molar-refractivity contribution is 7.89. The van der Waals surface area contributed by atoms with Crippen molar-refractivity contribution in [2.24, 2.45) is 0 Å². The molecule has 4 N–H and O–H groups in total. The van der Waals surface area contributed by atoms with E-state index in [0.717, 1.165) is 22.3 Å². The minimum absolute atomic E-state index is 0.0203. The minimum atomic E-state index is -4.05. The maximum absolute atomic E-state index is 14.1. The highest BCUT2D eigenvalue weighted by atomic mass is 35.5. The molecule has 0 aliphatic rings. The second-order valence-electron chi connectivity index (χ2n) is 10.0. The summed E-state index contributed by atoms with van der Waals surface area (Å²) >= 11 is 6.28. The van der Waals surface area contributed by atoms with Gasteiger partial charge >= 0.3 is 5.97 Å². The van der Waals surface area contributed by atoms with Crippen LogP contribution in [-0.4, -0.2) is 69.3 Å². The topological polar surface area (TPSA) is 175 Å². The molecule has 0 aliphatic heterocycles. The first-order valence-electron chi connectivity index (χ1n) is 13.7. The minimum Gasteiger partial charge on any atom is -0.480 e. The predicted molar refractivity (Wildman–Crippen MR) is 168 cm³/mol. The van der Waals surface area contributed by atoms with Gasteiger partial charge in [0, 0.05) is 49.5 Å². The second kappa shape index (κ2) is 15.5. The fraction of sp³-hybridized carbons (Fsp3) is 0.345. The molecule has 0 radical (unpaired) electrons. The summed E-state index contributed by atoms with van der Waals surface area (Å²) < 4.78 is 56.9.